The molecule has 2 aromatic heterocycles. The van der Waals surface area contributed by atoms with Crippen molar-refractivity contribution in [2.24, 2.45) is 23.2 Å². The molecule has 0 aromatic carbocycles. The lowest BCUT2D eigenvalue weighted by molar-refractivity contribution is -0.113. The molecule has 0 radical (unpaired) electrons. The molecule has 4 atom stereocenters. The first-order chi connectivity index (χ1) is 11.4. The number of amides is 1. The van der Waals surface area contributed by atoms with Crippen LogP contribution in [0.5, 0.6) is 0 Å². The Balaban J connectivity index is 1.54. The Morgan fingerprint density at radius 1 is 1.42 bits per heavy atom. The third kappa shape index (κ3) is 2.06. The Kier molecular flexibility index (Phi) is 3.21. The van der Waals surface area contributed by atoms with E-state index in [1.165, 1.54) is 12.6 Å². The van der Waals surface area contributed by atoms with Gasteiger partial charge in [-0.15, -0.1) is 0 Å². The smallest absolute Gasteiger partial charge is 0.267 e. The lowest BCUT2D eigenvalue weighted by atomic mass is 9.45. The van der Waals surface area contributed by atoms with E-state index in [1.54, 1.807) is 12.3 Å². The maximum Gasteiger partial charge on any atom is 0.267 e. The average molecular weight is 322 g/mol. The van der Waals surface area contributed by atoms with Gasteiger partial charge in [0.2, 0.25) is 0 Å². The fourth-order valence-electron chi connectivity index (χ4n) is 4.85. The van der Waals surface area contributed by atoms with Crippen molar-refractivity contribution in [3.05, 3.63) is 29.7 Å². The number of pyridine rings is 1. The van der Waals surface area contributed by atoms with Crippen LogP contribution in [0.2, 0.25) is 0 Å². The van der Waals surface area contributed by atoms with E-state index in [0.717, 1.165) is 17.3 Å². The molecule has 1 amide bonds. The summed E-state index contributed by atoms with van der Waals surface area (Å²) in [6, 6.07) is 4.10. The number of rotatable bonds is 2. The second-order valence-electron chi connectivity index (χ2n) is 7.98. The fraction of sp³-hybridized carbons (Fsp3) is 0.526. The van der Waals surface area contributed by atoms with Gasteiger partial charge in [0.25, 0.3) is 5.91 Å². The first-order valence-corrected chi connectivity index (χ1v) is 8.59. The van der Waals surface area contributed by atoms with E-state index in [0.29, 0.717) is 34.4 Å². The van der Waals surface area contributed by atoms with Crippen LogP contribution in [0.4, 0.5) is 0 Å². The van der Waals surface area contributed by atoms with Crippen LogP contribution in [-0.2, 0) is 0 Å². The second-order valence-corrected chi connectivity index (χ2v) is 7.98. The van der Waals surface area contributed by atoms with Crippen LogP contribution in [0.25, 0.3) is 10.9 Å². The number of hydrogen-bond acceptors (Lipinski definition) is 3. The predicted octanol–water partition coefficient (Wildman–Crippen LogP) is 3.24. The van der Waals surface area contributed by atoms with Crippen molar-refractivity contribution < 1.29 is 4.79 Å². The van der Waals surface area contributed by atoms with Crippen molar-refractivity contribution in [3.63, 3.8) is 0 Å². The zero-order valence-corrected chi connectivity index (χ0v) is 14.3. The highest BCUT2D eigenvalue weighted by molar-refractivity contribution is 5.99. The van der Waals surface area contributed by atoms with E-state index < -0.39 is 0 Å². The highest BCUT2D eigenvalue weighted by Gasteiger charge is 2.56. The first-order valence-electron chi connectivity index (χ1n) is 8.59. The van der Waals surface area contributed by atoms with Crippen molar-refractivity contribution in [2.75, 3.05) is 0 Å². The van der Waals surface area contributed by atoms with Crippen molar-refractivity contribution in [3.8, 4) is 6.07 Å². The number of carbonyl (C=O) groups excluding carboxylic acids is 1. The first kappa shape index (κ1) is 15.2. The molecule has 124 valence electrons. The molecule has 3 saturated carbocycles. The molecule has 5 heteroatoms. The lowest BCUT2D eigenvalue weighted by Crippen LogP contribution is -2.60. The average Bonchev–Trinajstić information content (AvgIpc) is 3.00. The molecule has 0 aliphatic heterocycles. The van der Waals surface area contributed by atoms with E-state index in [1.807, 2.05) is 0 Å². The van der Waals surface area contributed by atoms with Crippen LogP contribution >= 0.6 is 0 Å². The third-order valence-corrected chi connectivity index (χ3v) is 6.58. The van der Waals surface area contributed by atoms with Gasteiger partial charge in [-0.3, -0.25) is 9.78 Å². The molecule has 0 unspecified atom stereocenters. The van der Waals surface area contributed by atoms with Gasteiger partial charge in [-0.1, -0.05) is 20.8 Å². The minimum atomic E-state index is -0.0916. The SMILES string of the molecule is C[C@@H]1[C@@H](NC(=O)c2cc3c(C#N)cncc3[nH]2)C[C@H]2C[C@@H]1C2(C)C. The summed E-state index contributed by atoms with van der Waals surface area (Å²) in [7, 11) is 0. The molecule has 2 bridgehead atoms. The largest absolute Gasteiger partial charge is 0.349 e. The maximum absolute atomic E-state index is 12.7. The zero-order valence-electron chi connectivity index (χ0n) is 14.3. The number of carbonyl (C=O) groups is 1. The van der Waals surface area contributed by atoms with Crippen LogP contribution in [0, 0.1) is 34.5 Å². The van der Waals surface area contributed by atoms with Gasteiger partial charge in [0.05, 0.1) is 17.3 Å². The number of H-pyrrole nitrogens is 1. The Hall–Kier alpha value is -2.35. The quantitative estimate of drug-likeness (QED) is 0.890. The molecule has 2 aromatic rings. The number of aromatic amines is 1. The summed E-state index contributed by atoms with van der Waals surface area (Å²) in [6.07, 6.45) is 5.52. The molecular formula is C19H22N4O. The Morgan fingerprint density at radius 2 is 2.21 bits per heavy atom. The molecule has 3 aliphatic rings. The Labute approximate surface area is 141 Å². The molecule has 3 fully saturated rings. The van der Waals surface area contributed by atoms with Crippen LogP contribution in [0.15, 0.2) is 18.5 Å². The van der Waals surface area contributed by atoms with E-state index in [4.69, 9.17) is 5.26 Å². The standard InChI is InChI=1S/C19H22N4O/c1-10-14-4-12(19(14,2)3)5-15(10)23-18(24)16-6-13-11(7-20)8-21-9-17(13)22-16/h6,8-10,12,14-15,22H,4-5H2,1-3H3,(H,23,24)/t10-,12+,14-,15-/m0/s1. The van der Waals surface area contributed by atoms with Crippen molar-refractivity contribution in [1.29, 1.82) is 5.26 Å². The number of nitrogens with zero attached hydrogens (tertiary/aromatic N) is 2. The molecule has 3 aliphatic carbocycles. The Bertz CT molecular complexity index is 860. The van der Waals surface area contributed by atoms with Crippen molar-refractivity contribution in [2.45, 2.75) is 39.7 Å². The molecular weight excluding hydrogens is 300 g/mol. The molecule has 0 spiro atoms. The number of aromatic nitrogens is 2. The summed E-state index contributed by atoms with van der Waals surface area (Å²) in [5, 5.41) is 13.1. The summed E-state index contributed by atoms with van der Waals surface area (Å²) < 4.78 is 0. The predicted molar refractivity (Wildman–Crippen MR) is 91.2 cm³/mol. The second kappa shape index (κ2) is 5.07. The summed E-state index contributed by atoms with van der Waals surface area (Å²) >= 11 is 0. The molecule has 5 nitrogen and oxygen atoms in total. The number of hydrogen-bond donors (Lipinski definition) is 2. The fourth-order valence-corrected chi connectivity index (χ4v) is 4.85. The molecule has 2 N–H and O–H groups in total. The van der Waals surface area contributed by atoms with E-state index >= 15 is 0 Å². The van der Waals surface area contributed by atoms with Gasteiger partial charge in [-0.25, -0.2) is 0 Å². The Morgan fingerprint density at radius 3 is 2.88 bits per heavy atom. The van der Waals surface area contributed by atoms with Crippen LogP contribution in [0.1, 0.15) is 49.7 Å². The van der Waals surface area contributed by atoms with Gasteiger partial charge < -0.3 is 10.3 Å². The van der Waals surface area contributed by atoms with E-state index in [2.05, 4.69) is 42.1 Å². The van der Waals surface area contributed by atoms with Crippen molar-refractivity contribution in [1.82, 2.24) is 15.3 Å². The van der Waals surface area contributed by atoms with E-state index in [-0.39, 0.29) is 11.9 Å². The minimum absolute atomic E-state index is 0.0916. The van der Waals surface area contributed by atoms with Gasteiger partial charge in [0.15, 0.2) is 0 Å². The maximum atomic E-state index is 12.7. The summed E-state index contributed by atoms with van der Waals surface area (Å²) in [6.45, 7) is 6.97. The zero-order chi connectivity index (χ0) is 17.1. The van der Waals surface area contributed by atoms with Crippen LogP contribution < -0.4 is 5.32 Å². The van der Waals surface area contributed by atoms with Gasteiger partial charge in [-0.2, -0.15) is 5.26 Å². The molecule has 0 saturated heterocycles. The van der Waals surface area contributed by atoms with Crippen LogP contribution in [0.3, 0.4) is 0 Å². The highest BCUT2D eigenvalue weighted by Crippen LogP contribution is 2.61. The lowest BCUT2D eigenvalue weighted by Gasteiger charge is -2.62. The summed E-state index contributed by atoms with van der Waals surface area (Å²) in [4.78, 5) is 19.8. The number of fused-ring (bicyclic) bond motifs is 3. The monoisotopic (exact) mass is 322 g/mol. The molecule has 5 rings (SSSR count). The topological polar surface area (TPSA) is 81.6 Å². The highest BCUT2D eigenvalue weighted by atomic mass is 16.1. The molecule has 2 heterocycles. The summed E-state index contributed by atoms with van der Waals surface area (Å²) in [5.74, 6) is 1.81. The van der Waals surface area contributed by atoms with Crippen molar-refractivity contribution >= 4 is 16.8 Å². The number of nitrogens with one attached hydrogen (secondary N) is 2. The van der Waals surface area contributed by atoms with Gasteiger partial charge >= 0.3 is 0 Å². The van der Waals surface area contributed by atoms with Gasteiger partial charge in [-0.05, 0) is 42.1 Å². The minimum Gasteiger partial charge on any atom is -0.349 e. The number of nitriles is 1. The molecule has 24 heavy (non-hydrogen) atoms. The van der Waals surface area contributed by atoms with Gasteiger partial charge in [0, 0.05) is 17.6 Å². The summed E-state index contributed by atoms with van der Waals surface area (Å²) in [5.41, 5.74) is 2.12. The van der Waals surface area contributed by atoms with Crippen LogP contribution in [-0.4, -0.2) is 21.9 Å². The van der Waals surface area contributed by atoms with Gasteiger partial charge in [0.1, 0.15) is 11.8 Å². The normalized spacial score (nSPS) is 30.4. The van der Waals surface area contributed by atoms with E-state index in [9.17, 15) is 4.79 Å². The third-order valence-electron chi connectivity index (χ3n) is 6.58.